The molecule has 14 heteroatoms. The predicted octanol–water partition coefficient (Wildman–Crippen LogP) is 6.04. The fourth-order valence-corrected chi connectivity index (χ4v) is 5.70. The molecule has 1 saturated heterocycles. The van der Waals surface area contributed by atoms with E-state index < -0.39 is 29.6 Å². The zero-order valence-electron chi connectivity index (χ0n) is 27.3. The number of amides is 3. The maximum atomic E-state index is 13.2. The average Bonchev–Trinajstić information content (AvgIpc) is 3.40. The number of carbonyl (C=O) groups excluding carboxylic acids is 3. The van der Waals surface area contributed by atoms with Crippen LogP contribution in [0.25, 0.3) is 5.69 Å². The summed E-state index contributed by atoms with van der Waals surface area (Å²) < 4.78 is 65.9. The van der Waals surface area contributed by atoms with E-state index >= 15 is 0 Å². The minimum absolute atomic E-state index is 0.154. The van der Waals surface area contributed by atoms with Crippen LogP contribution in [0.3, 0.4) is 0 Å². The first-order valence-electron chi connectivity index (χ1n) is 15.7. The number of hydrogen-bond donors (Lipinski definition) is 2. The summed E-state index contributed by atoms with van der Waals surface area (Å²) >= 11 is 0. The van der Waals surface area contributed by atoms with Crippen LogP contribution in [0.2, 0.25) is 0 Å². The number of para-hydroxylation sites is 2. The van der Waals surface area contributed by atoms with Crippen LogP contribution in [0.1, 0.15) is 34.1 Å². The number of fused-ring (bicyclic) bond motifs is 1. The number of carbonyl (C=O) groups is 3. The zero-order chi connectivity index (χ0) is 36.2. The van der Waals surface area contributed by atoms with Gasteiger partial charge in [-0.2, -0.15) is 18.3 Å². The van der Waals surface area contributed by atoms with Gasteiger partial charge in [0.1, 0.15) is 11.9 Å². The third-order valence-corrected chi connectivity index (χ3v) is 8.14. The molecular weight excluding hydrogens is 659 g/mol. The number of likely N-dealkylation sites (N-methyl/N-ethyl adjacent to an activating group) is 1. The Balaban J connectivity index is 0.000000228. The first kappa shape index (κ1) is 35.9. The van der Waals surface area contributed by atoms with Crippen molar-refractivity contribution < 1.29 is 36.3 Å². The zero-order valence-corrected chi connectivity index (χ0v) is 27.3. The Hall–Kier alpha value is -5.37. The summed E-state index contributed by atoms with van der Waals surface area (Å²) in [6.45, 7) is 7.18. The summed E-state index contributed by atoms with van der Waals surface area (Å²) in [5, 5.41) is 9.86. The van der Waals surface area contributed by atoms with Gasteiger partial charge >= 0.3 is 6.18 Å². The van der Waals surface area contributed by atoms with Crippen molar-refractivity contribution >= 4 is 29.2 Å². The molecule has 4 aromatic rings. The van der Waals surface area contributed by atoms with E-state index in [2.05, 4.69) is 22.3 Å². The van der Waals surface area contributed by atoms with E-state index in [4.69, 9.17) is 0 Å². The molecule has 50 heavy (non-hydrogen) atoms. The van der Waals surface area contributed by atoms with Crippen LogP contribution in [0.15, 0.2) is 97.1 Å². The average molecular weight is 695 g/mol. The number of likely N-dealkylation sites (tertiary alicyclic amines) is 1. The van der Waals surface area contributed by atoms with Gasteiger partial charge in [0.2, 0.25) is 0 Å². The van der Waals surface area contributed by atoms with E-state index in [0.29, 0.717) is 23.7 Å². The second kappa shape index (κ2) is 14.6. The Morgan fingerprint density at radius 3 is 2.22 bits per heavy atom. The second-order valence-corrected chi connectivity index (χ2v) is 12.0. The first-order valence-corrected chi connectivity index (χ1v) is 15.7. The maximum absolute atomic E-state index is 13.2. The topological polar surface area (TPSA) is 99.6 Å². The van der Waals surface area contributed by atoms with Crippen LogP contribution in [-0.2, 0) is 22.2 Å². The summed E-state index contributed by atoms with van der Waals surface area (Å²) in [4.78, 5) is 40.6. The molecule has 262 valence electrons. The van der Waals surface area contributed by atoms with Gasteiger partial charge in [0.15, 0.2) is 0 Å². The predicted molar refractivity (Wildman–Crippen MR) is 178 cm³/mol. The van der Waals surface area contributed by atoms with Crippen molar-refractivity contribution in [2.24, 2.45) is 0 Å². The lowest BCUT2D eigenvalue weighted by Gasteiger charge is -2.38. The van der Waals surface area contributed by atoms with Crippen LogP contribution in [0.5, 0.6) is 0 Å². The molecule has 2 aliphatic rings. The lowest BCUT2D eigenvalue weighted by atomic mass is 9.99. The van der Waals surface area contributed by atoms with E-state index in [-0.39, 0.29) is 49.0 Å². The van der Waals surface area contributed by atoms with Crippen molar-refractivity contribution in [1.82, 2.24) is 20.0 Å². The number of rotatable bonds is 8. The van der Waals surface area contributed by atoms with Crippen LogP contribution in [0.4, 0.5) is 33.5 Å². The molecule has 1 fully saturated rings. The molecule has 0 bridgehead atoms. The van der Waals surface area contributed by atoms with Crippen molar-refractivity contribution in [1.29, 1.82) is 0 Å². The number of nitrogens with one attached hydrogen (secondary N) is 2. The van der Waals surface area contributed by atoms with Crippen LogP contribution < -0.4 is 15.5 Å². The highest BCUT2D eigenvalue weighted by Gasteiger charge is 2.44. The standard InChI is InChI=1S/C23H21F3N4O2.C13H14F2N2O/c1-3-29-21-18(14(2)28-30(21)17-10-5-4-6-11-17)13-19(22(29)32)27-20(31)15-8-7-9-16(12-15)23(24,25)26;1-10(7-17-8-13(14,15)9-17)12(18)16-11-5-3-2-4-6-11/h4-12,19H,3,13H2,1-2H3,(H,27,31);2-6H,1,7-9H2,(H,16,18). The van der Waals surface area contributed by atoms with Gasteiger partial charge < -0.3 is 10.6 Å². The van der Waals surface area contributed by atoms with Crippen LogP contribution in [0, 0.1) is 6.92 Å². The molecule has 0 aliphatic carbocycles. The fraction of sp³-hybridized carbons (Fsp3) is 0.278. The number of anilines is 2. The van der Waals surface area contributed by atoms with E-state index in [0.717, 1.165) is 23.4 Å². The van der Waals surface area contributed by atoms with E-state index in [9.17, 15) is 36.3 Å². The number of aromatic nitrogens is 2. The smallest absolute Gasteiger partial charge is 0.340 e. The molecule has 1 unspecified atom stereocenters. The quantitative estimate of drug-likeness (QED) is 0.173. The Morgan fingerprint density at radius 1 is 0.980 bits per heavy atom. The molecule has 2 aliphatic heterocycles. The number of hydrogen-bond acceptors (Lipinski definition) is 5. The van der Waals surface area contributed by atoms with Crippen LogP contribution >= 0.6 is 0 Å². The van der Waals surface area contributed by atoms with Crippen LogP contribution in [-0.4, -0.2) is 70.5 Å². The Bertz CT molecular complexity index is 1870. The Morgan fingerprint density at radius 2 is 1.62 bits per heavy atom. The van der Waals surface area contributed by atoms with Crippen molar-refractivity contribution in [3.63, 3.8) is 0 Å². The molecule has 6 rings (SSSR count). The Kier molecular flexibility index (Phi) is 10.5. The minimum Gasteiger partial charge on any atom is -0.340 e. The summed E-state index contributed by atoms with van der Waals surface area (Å²) in [5.74, 6) is -3.38. The summed E-state index contributed by atoms with van der Waals surface area (Å²) in [7, 11) is 0. The van der Waals surface area contributed by atoms with Gasteiger partial charge in [0.25, 0.3) is 23.6 Å². The van der Waals surface area contributed by atoms with E-state index in [1.165, 1.54) is 17.0 Å². The number of alkyl halides is 5. The highest BCUT2D eigenvalue weighted by atomic mass is 19.4. The van der Waals surface area contributed by atoms with Crippen molar-refractivity contribution in [2.75, 3.05) is 36.4 Å². The normalized spacial score (nSPS) is 16.7. The largest absolute Gasteiger partial charge is 0.416 e. The molecule has 1 atom stereocenters. The molecule has 9 nitrogen and oxygen atoms in total. The summed E-state index contributed by atoms with van der Waals surface area (Å²) in [5.41, 5.74) is 2.20. The van der Waals surface area contributed by atoms with Crippen molar-refractivity contribution in [3.05, 3.63) is 119 Å². The molecule has 0 saturated carbocycles. The lowest BCUT2D eigenvalue weighted by molar-refractivity contribution is -0.137. The monoisotopic (exact) mass is 694 g/mol. The fourth-order valence-electron chi connectivity index (χ4n) is 5.70. The maximum Gasteiger partial charge on any atom is 0.416 e. The SMILES string of the molecule is C=C(CN1CC(F)(F)C1)C(=O)Nc1ccccc1.CCN1C(=O)C(NC(=O)c2cccc(C(F)(F)F)c2)Cc2c(C)nn(-c3ccccc3)c21. The van der Waals surface area contributed by atoms with Gasteiger partial charge in [-0.1, -0.05) is 49.0 Å². The lowest BCUT2D eigenvalue weighted by Crippen LogP contribution is -2.56. The molecule has 3 heterocycles. The second-order valence-electron chi connectivity index (χ2n) is 12.0. The van der Waals surface area contributed by atoms with E-state index in [1.54, 1.807) is 33.8 Å². The molecule has 3 amide bonds. The molecule has 1 aromatic heterocycles. The Labute approximate surface area is 285 Å². The highest BCUT2D eigenvalue weighted by Crippen LogP contribution is 2.33. The summed E-state index contributed by atoms with van der Waals surface area (Å²) in [6.07, 6.45) is -4.36. The number of nitrogens with zero attached hydrogens (tertiary/aromatic N) is 4. The van der Waals surface area contributed by atoms with E-state index in [1.807, 2.05) is 50.2 Å². The van der Waals surface area contributed by atoms with Crippen molar-refractivity contribution in [2.45, 2.75) is 38.4 Å². The van der Waals surface area contributed by atoms with Gasteiger partial charge in [-0.3, -0.25) is 24.2 Å². The number of aryl methyl sites for hydroxylation is 1. The van der Waals surface area contributed by atoms with Gasteiger partial charge in [-0.05, 0) is 56.3 Å². The first-order chi connectivity index (χ1) is 23.7. The molecule has 0 radical (unpaired) electrons. The molecule has 3 aromatic carbocycles. The third-order valence-electron chi connectivity index (χ3n) is 8.14. The van der Waals surface area contributed by atoms with Gasteiger partial charge in [0, 0.05) is 41.9 Å². The van der Waals surface area contributed by atoms with Crippen molar-refractivity contribution in [3.8, 4) is 5.69 Å². The number of halogens is 5. The molecule has 0 spiro atoms. The highest BCUT2D eigenvalue weighted by molar-refractivity contribution is 6.04. The molecular formula is C36H35F5N6O3. The van der Waals surface area contributed by atoms with Gasteiger partial charge in [0.05, 0.1) is 30.0 Å². The third kappa shape index (κ3) is 8.25. The van der Waals surface area contributed by atoms with Gasteiger partial charge in [-0.15, -0.1) is 0 Å². The minimum atomic E-state index is -4.56. The molecule has 2 N–H and O–H groups in total. The number of benzene rings is 3. The summed E-state index contributed by atoms with van der Waals surface area (Å²) in [6, 6.07) is 21.6. The van der Waals surface area contributed by atoms with Gasteiger partial charge in [-0.25, -0.2) is 13.5 Å².